The van der Waals surface area contributed by atoms with Gasteiger partial charge in [-0.15, -0.1) is 34.0 Å². The Morgan fingerprint density at radius 1 is 0.286 bits per heavy atom. The molecule has 13 rings (SSSR count). The summed E-state index contributed by atoms with van der Waals surface area (Å²) in [6.45, 7) is 0. The van der Waals surface area contributed by atoms with Crippen molar-refractivity contribution >= 4 is 94.7 Å². The highest BCUT2D eigenvalue weighted by atomic mass is 32.1. The summed E-state index contributed by atoms with van der Waals surface area (Å²) in [5.74, 6) is 2.59. The molecule has 0 N–H and O–H groups in total. The zero-order chi connectivity index (χ0) is 41.4. The molecule has 5 heterocycles. The van der Waals surface area contributed by atoms with Crippen LogP contribution in [0.25, 0.3) is 129 Å². The smallest absolute Gasteiger partial charge is 0.164 e. The van der Waals surface area contributed by atoms with Crippen LogP contribution in [0.2, 0.25) is 0 Å². The lowest BCUT2D eigenvalue weighted by Crippen LogP contribution is -2.00. The van der Waals surface area contributed by atoms with Crippen LogP contribution in [0.15, 0.2) is 188 Å². The van der Waals surface area contributed by atoms with Gasteiger partial charge in [0.05, 0.1) is 15.9 Å². The van der Waals surface area contributed by atoms with Gasteiger partial charge in [-0.3, -0.25) is 0 Å². The predicted octanol–water partition coefficient (Wildman–Crippen LogP) is 15.8. The van der Waals surface area contributed by atoms with Gasteiger partial charge < -0.3 is 0 Å². The van der Waals surface area contributed by atoms with Gasteiger partial charge in [0.25, 0.3) is 0 Å². The summed E-state index contributed by atoms with van der Waals surface area (Å²) in [5, 5.41) is 5.92. The lowest BCUT2D eigenvalue weighted by Gasteiger charge is -2.11. The van der Waals surface area contributed by atoms with Crippen LogP contribution in [0, 0.1) is 0 Å². The Bertz CT molecular complexity index is 3930. The number of rotatable bonds is 6. The number of benzene rings is 8. The maximum Gasteiger partial charge on any atom is 0.164 e. The molecule has 0 radical (unpaired) electrons. The third-order valence-electron chi connectivity index (χ3n) is 11.8. The SMILES string of the molecule is c1ccc(-c2nc(-c3cccc(-c4cccc5c4sc4ccccc45)c3)nc(-c3cccc4sc5c(-c6nc(-c7ccccc7)c7sc8ccccc8c7n6)cccc5c34)n2)cc1. The number of hydrogen-bond acceptors (Lipinski definition) is 8. The van der Waals surface area contributed by atoms with Gasteiger partial charge in [-0.25, -0.2) is 24.9 Å². The fourth-order valence-electron chi connectivity index (χ4n) is 8.86. The van der Waals surface area contributed by atoms with E-state index in [-0.39, 0.29) is 0 Å². The predicted molar refractivity (Wildman–Crippen MR) is 267 cm³/mol. The molecule has 0 saturated carbocycles. The first-order valence-electron chi connectivity index (χ1n) is 20.7. The Hall–Kier alpha value is -7.49. The fraction of sp³-hybridized carbons (Fsp3) is 0. The summed E-state index contributed by atoms with van der Waals surface area (Å²) in [4.78, 5) is 26.4. The zero-order valence-electron chi connectivity index (χ0n) is 33.4. The molecule has 0 spiro atoms. The summed E-state index contributed by atoms with van der Waals surface area (Å²) in [7, 11) is 0. The molecule has 0 saturated heterocycles. The second-order valence-electron chi connectivity index (χ2n) is 15.5. The van der Waals surface area contributed by atoms with E-state index in [0.29, 0.717) is 23.3 Å². The van der Waals surface area contributed by atoms with E-state index in [9.17, 15) is 0 Å². The van der Waals surface area contributed by atoms with Crippen LogP contribution in [0.3, 0.4) is 0 Å². The van der Waals surface area contributed by atoms with Gasteiger partial charge in [0.2, 0.25) is 0 Å². The summed E-state index contributed by atoms with van der Waals surface area (Å²) in [6, 6.07) is 66.0. The van der Waals surface area contributed by atoms with Gasteiger partial charge in [0.1, 0.15) is 0 Å². The molecule has 5 aromatic heterocycles. The Morgan fingerprint density at radius 3 is 1.62 bits per heavy atom. The minimum absolute atomic E-state index is 0.625. The molecule has 0 amide bonds. The average Bonchev–Trinajstić information content (AvgIpc) is 4.06. The van der Waals surface area contributed by atoms with Crippen LogP contribution >= 0.6 is 34.0 Å². The zero-order valence-corrected chi connectivity index (χ0v) is 35.8. The van der Waals surface area contributed by atoms with Crippen molar-refractivity contribution in [3.63, 3.8) is 0 Å². The van der Waals surface area contributed by atoms with Crippen molar-refractivity contribution in [1.29, 1.82) is 0 Å². The van der Waals surface area contributed by atoms with Crippen molar-refractivity contribution in [2.24, 2.45) is 0 Å². The Morgan fingerprint density at radius 2 is 0.794 bits per heavy atom. The van der Waals surface area contributed by atoms with Gasteiger partial charge >= 0.3 is 0 Å². The quantitative estimate of drug-likeness (QED) is 0.167. The Labute approximate surface area is 373 Å². The minimum Gasteiger partial charge on any atom is -0.226 e. The number of hydrogen-bond donors (Lipinski definition) is 0. The largest absolute Gasteiger partial charge is 0.226 e. The molecule has 294 valence electrons. The van der Waals surface area contributed by atoms with Gasteiger partial charge in [0, 0.05) is 78.2 Å². The molecule has 13 aromatic rings. The maximum absolute atomic E-state index is 5.36. The van der Waals surface area contributed by atoms with Gasteiger partial charge in [-0.05, 0) is 41.5 Å². The normalized spacial score (nSPS) is 11.8. The van der Waals surface area contributed by atoms with Gasteiger partial charge in [-0.2, -0.15) is 0 Å². The van der Waals surface area contributed by atoms with E-state index in [1.165, 1.54) is 30.4 Å². The first-order valence-corrected chi connectivity index (χ1v) is 23.2. The molecular formula is C55H31N5S3. The van der Waals surface area contributed by atoms with Crippen LogP contribution in [0.5, 0.6) is 0 Å². The molecule has 8 heteroatoms. The van der Waals surface area contributed by atoms with E-state index < -0.39 is 0 Å². The van der Waals surface area contributed by atoms with Crippen molar-refractivity contribution in [1.82, 2.24) is 24.9 Å². The van der Waals surface area contributed by atoms with Crippen molar-refractivity contribution in [3.05, 3.63) is 188 Å². The van der Waals surface area contributed by atoms with Gasteiger partial charge in [-0.1, -0.05) is 158 Å². The van der Waals surface area contributed by atoms with E-state index >= 15 is 0 Å². The van der Waals surface area contributed by atoms with E-state index in [1.54, 1.807) is 22.7 Å². The minimum atomic E-state index is 0.625. The van der Waals surface area contributed by atoms with E-state index in [4.69, 9.17) is 24.9 Å². The lowest BCUT2D eigenvalue weighted by atomic mass is 10.0. The molecular weight excluding hydrogens is 827 g/mol. The van der Waals surface area contributed by atoms with Crippen LogP contribution in [0.1, 0.15) is 0 Å². The topological polar surface area (TPSA) is 64.5 Å². The first kappa shape index (κ1) is 36.2. The molecule has 5 nitrogen and oxygen atoms in total. The van der Waals surface area contributed by atoms with Crippen LogP contribution in [-0.2, 0) is 0 Å². The molecule has 0 fully saturated rings. The number of fused-ring (bicyclic) bond motifs is 9. The first-order chi connectivity index (χ1) is 31.2. The van der Waals surface area contributed by atoms with Crippen LogP contribution in [-0.4, -0.2) is 24.9 Å². The number of thiophene rings is 3. The number of nitrogens with zero attached hydrogens (tertiary/aromatic N) is 5. The highest BCUT2D eigenvalue weighted by molar-refractivity contribution is 7.27. The molecule has 0 aliphatic rings. The monoisotopic (exact) mass is 857 g/mol. The second kappa shape index (κ2) is 14.6. The highest BCUT2D eigenvalue weighted by Crippen LogP contribution is 2.46. The van der Waals surface area contributed by atoms with E-state index in [0.717, 1.165) is 74.8 Å². The van der Waals surface area contributed by atoms with Crippen LogP contribution < -0.4 is 0 Å². The Balaban J connectivity index is 0.995. The van der Waals surface area contributed by atoms with E-state index in [1.807, 2.05) is 35.6 Å². The molecule has 0 unspecified atom stereocenters. The summed E-state index contributed by atoms with van der Waals surface area (Å²) < 4.78 is 7.13. The number of aromatic nitrogens is 5. The Kier molecular flexibility index (Phi) is 8.37. The van der Waals surface area contributed by atoms with Crippen molar-refractivity contribution in [3.8, 4) is 67.9 Å². The lowest BCUT2D eigenvalue weighted by molar-refractivity contribution is 1.08. The molecule has 0 aliphatic carbocycles. The molecule has 63 heavy (non-hydrogen) atoms. The average molecular weight is 858 g/mol. The van der Waals surface area contributed by atoms with Crippen molar-refractivity contribution in [2.75, 3.05) is 0 Å². The molecule has 8 aromatic carbocycles. The molecule has 0 aliphatic heterocycles. The highest BCUT2D eigenvalue weighted by Gasteiger charge is 2.22. The third kappa shape index (κ3) is 5.98. The van der Waals surface area contributed by atoms with Crippen molar-refractivity contribution in [2.45, 2.75) is 0 Å². The molecule has 0 atom stereocenters. The van der Waals surface area contributed by atoms with Gasteiger partial charge in [0.15, 0.2) is 23.3 Å². The summed E-state index contributed by atoms with van der Waals surface area (Å²) >= 11 is 5.35. The summed E-state index contributed by atoms with van der Waals surface area (Å²) in [6.07, 6.45) is 0. The standard InChI is InChI=1S/C55H31N5S3/c1-3-15-32(16-4-1)47-51-48(39-22-8-10-29-44(39)62-51)57-55(56-47)42-27-13-25-40-46-41(26-14-30-45(46)63-50(40)42)54-59-52(33-17-5-2-6-18-33)58-53(60-54)35-20-11-19-34(31-35)36-23-12-24-38-37-21-7-9-28-43(37)61-49(36)38/h1-31H. The van der Waals surface area contributed by atoms with E-state index in [2.05, 4.69) is 164 Å². The summed E-state index contributed by atoms with van der Waals surface area (Å²) in [5.41, 5.74) is 9.14. The fourth-order valence-corrected chi connectivity index (χ4v) is 12.5. The molecule has 0 bridgehead atoms. The second-order valence-corrected chi connectivity index (χ2v) is 18.7. The van der Waals surface area contributed by atoms with Crippen molar-refractivity contribution < 1.29 is 0 Å². The van der Waals surface area contributed by atoms with Crippen LogP contribution in [0.4, 0.5) is 0 Å². The third-order valence-corrected chi connectivity index (χ3v) is 15.4. The maximum atomic E-state index is 5.36.